The predicted molar refractivity (Wildman–Crippen MR) is 115 cm³/mol. The minimum atomic E-state index is -0.508. The third-order valence-electron chi connectivity index (χ3n) is 4.29. The van der Waals surface area contributed by atoms with Crippen LogP contribution in [0.3, 0.4) is 0 Å². The van der Waals surface area contributed by atoms with Gasteiger partial charge >= 0.3 is 6.09 Å². The molecule has 1 aliphatic rings. The monoisotopic (exact) mass is 489 g/mol. The van der Waals surface area contributed by atoms with E-state index < -0.39 is 5.60 Å². The second-order valence-electron chi connectivity index (χ2n) is 8.10. The van der Waals surface area contributed by atoms with Gasteiger partial charge in [-0.25, -0.2) is 14.2 Å². The minimum absolute atomic E-state index is 0.0176. The molecular weight excluding hydrogens is 460 g/mol. The number of piperidine rings is 1. The number of hydrogen-bond acceptors (Lipinski definition) is 4. The summed E-state index contributed by atoms with van der Waals surface area (Å²) >= 11 is 2.14. The summed E-state index contributed by atoms with van der Waals surface area (Å²) in [6.07, 6.45) is 3.12. The van der Waals surface area contributed by atoms with Crippen molar-refractivity contribution >= 4 is 34.4 Å². The number of hydrogen-bond donors (Lipinski definition) is 1. The Morgan fingerprint density at radius 3 is 2.59 bits per heavy atom. The Morgan fingerprint density at radius 2 is 2.04 bits per heavy atom. The molecule has 1 aromatic rings. The molecule has 1 aromatic heterocycles. The Bertz CT molecular complexity index is 704. The fourth-order valence-electron chi connectivity index (χ4n) is 2.92. The molecule has 1 saturated heterocycles. The van der Waals surface area contributed by atoms with Gasteiger partial charge in [-0.1, -0.05) is 11.6 Å². The van der Waals surface area contributed by atoms with E-state index in [1.165, 1.54) is 11.6 Å². The van der Waals surface area contributed by atoms with Crippen molar-refractivity contribution in [1.29, 1.82) is 0 Å². The van der Waals surface area contributed by atoms with Crippen molar-refractivity contribution in [2.24, 2.45) is 0 Å². The zero-order valence-corrected chi connectivity index (χ0v) is 18.9. The molecule has 0 saturated carbocycles. The summed E-state index contributed by atoms with van der Waals surface area (Å²) in [5.41, 5.74) is 1.90. The van der Waals surface area contributed by atoms with E-state index in [0.29, 0.717) is 43.9 Å². The normalized spacial score (nSPS) is 15.4. The van der Waals surface area contributed by atoms with Crippen LogP contribution in [0.15, 0.2) is 17.7 Å². The van der Waals surface area contributed by atoms with Gasteiger partial charge in [-0.15, -0.1) is 0 Å². The maximum Gasteiger partial charge on any atom is 0.410 e. The molecule has 1 fully saturated rings. The molecule has 2 rings (SSSR count). The topological polar surface area (TPSA) is 54.5 Å². The van der Waals surface area contributed by atoms with Crippen molar-refractivity contribution < 1.29 is 13.9 Å². The zero-order chi connectivity index (χ0) is 20.2. The van der Waals surface area contributed by atoms with E-state index >= 15 is 0 Å². The highest BCUT2D eigenvalue weighted by Crippen LogP contribution is 2.31. The highest BCUT2D eigenvalue weighted by atomic mass is 127. The molecule has 1 amide bonds. The molecule has 1 aliphatic heterocycles. The summed E-state index contributed by atoms with van der Waals surface area (Å²) < 4.78 is 20.8. The molecule has 2 heterocycles. The molecule has 0 spiro atoms. The Morgan fingerprint density at radius 1 is 1.41 bits per heavy atom. The molecule has 27 heavy (non-hydrogen) atoms. The Hall–Kier alpha value is -1.38. The minimum Gasteiger partial charge on any atom is -0.444 e. The first kappa shape index (κ1) is 21.9. The molecule has 0 aromatic carbocycles. The molecule has 1 N–H and O–H groups in total. The van der Waals surface area contributed by atoms with Crippen LogP contribution in [0.1, 0.15) is 59.1 Å². The number of anilines is 1. The van der Waals surface area contributed by atoms with Gasteiger partial charge in [0.1, 0.15) is 15.1 Å². The fourth-order valence-corrected chi connectivity index (χ4v) is 3.52. The van der Waals surface area contributed by atoms with E-state index in [1.54, 1.807) is 4.90 Å². The lowest BCUT2D eigenvalue weighted by Crippen LogP contribution is -2.41. The highest BCUT2D eigenvalue weighted by molar-refractivity contribution is 14.1. The fraction of sp³-hybridized carbons (Fsp3) is 0.600. The number of carbonyl (C=O) groups is 1. The van der Waals surface area contributed by atoms with Crippen LogP contribution in [0.2, 0.25) is 0 Å². The van der Waals surface area contributed by atoms with Gasteiger partial charge in [0.05, 0.1) is 11.4 Å². The summed E-state index contributed by atoms with van der Waals surface area (Å²) in [4.78, 5) is 18.4. The lowest BCUT2D eigenvalue weighted by molar-refractivity contribution is 0.0203. The number of amides is 1. The first-order valence-electron chi connectivity index (χ1n) is 9.28. The molecular formula is C20H29FIN3O2. The Kier molecular flexibility index (Phi) is 7.47. The third kappa shape index (κ3) is 6.62. The van der Waals surface area contributed by atoms with Gasteiger partial charge in [0, 0.05) is 31.6 Å². The average molecular weight is 489 g/mol. The van der Waals surface area contributed by atoms with Crippen LogP contribution in [0.4, 0.5) is 14.9 Å². The van der Waals surface area contributed by atoms with Crippen LogP contribution in [0, 0.1) is 9.52 Å². The van der Waals surface area contributed by atoms with Gasteiger partial charge in [-0.2, -0.15) is 0 Å². The molecule has 5 nitrogen and oxygen atoms in total. The summed E-state index contributed by atoms with van der Waals surface area (Å²) in [5.74, 6) is -0.269. The SMILES string of the molecule is CC(C)=CCNc1cc(F)c(C2CCN(C(=O)OC(C)(C)C)CC2)nc1I. The van der Waals surface area contributed by atoms with E-state index in [-0.39, 0.29) is 17.8 Å². The third-order valence-corrected chi connectivity index (χ3v) is 5.12. The number of likely N-dealkylation sites (tertiary alicyclic amines) is 1. The quantitative estimate of drug-likeness (QED) is 0.354. The number of carbonyl (C=O) groups excluding carboxylic acids is 1. The largest absolute Gasteiger partial charge is 0.444 e. The summed E-state index contributed by atoms with van der Waals surface area (Å²) in [5, 5.41) is 3.20. The first-order chi connectivity index (χ1) is 12.6. The number of pyridine rings is 1. The standard InChI is InChI=1S/C20H29FIN3O2/c1-13(2)6-9-23-16-12-15(21)17(24-18(16)22)14-7-10-25(11-8-14)19(26)27-20(3,4)5/h6,12,14,23H,7-11H2,1-5H3. The Labute approximate surface area is 174 Å². The lowest BCUT2D eigenvalue weighted by atomic mass is 9.93. The Balaban J connectivity index is 2.00. The predicted octanol–water partition coefficient (Wildman–Crippen LogP) is 5.32. The molecule has 0 radical (unpaired) electrons. The summed E-state index contributed by atoms with van der Waals surface area (Å²) in [6, 6.07) is 1.53. The van der Waals surface area contributed by atoms with Crippen LogP contribution >= 0.6 is 22.6 Å². The second kappa shape index (κ2) is 9.21. The number of rotatable bonds is 4. The van der Waals surface area contributed by atoms with Gasteiger partial charge in [0.25, 0.3) is 0 Å². The first-order valence-corrected chi connectivity index (χ1v) is 10.4. The summed E-state index contributed by atoms with van der Waals surface area (Å²) in [6.45, 7) is 11.4. The van der Waals surface area contributed by atoms with Crippen molar-refractivity contribution in [1.82, 2.24) is 9.88 Å². The van der Waals surface area contributed by atoms with E-state index in [1.807, 2.05) is 40.7 Å². The van der Waals surface area contributed by atoms with Crippen LogP contribution in [0.25, 0.3) is 0 Å². The van der Waals surface area contributed by atoms with E-state index in [9.17, 15) is 9.18 Å². The lowest BCUT2D eigenvalue weighted by Gasteiger charge is -2.33. The molecule has 150 valence electrons. The maximum atomic E-state index is 14.7. The van der Waals surface area contributed by atoms with Gasteiger partial charge in [0.15, 0.2) is 0 Å². The number of halogens is 2. The summed E-state index contributed by atoms with van der Waals surface area (Å²) in [7, 11) is 0. The van der Waals surface area contributed by atoms with Crippen molar-refractivity contribution in [3.63, 3.8) is 0 Å². The maximum absolute atomic E-state index is 14.7. The number of ether oxygens (including phenoxy) is 1. The van der Waals surface area contributed by atoms with Crippen LogP contribution in [-0.4, -0.2) is 41.2 Å². The second-order valence-corrected chi connectivity index (χ2v) is 9.12. The van der Waals surface area contributed by atoms with Crippen LogP contribution < -0.4 is 5.32 Å². The van der Waals surface area contributed by atoms with Crippen LogP contribution in [-0.2, 0) is 4.74 Å². The van der Waals surface area contributed by atoms with Crippen LogP contribution in [0.5, 0.6) is 0 Å². The number of aromatic nitrogens is 1. The molecule has 0 unspecified atom stereocenters. The smallest absolute Gasteiger partial charge is 0.410 e. The van der Waals surface area contributed by atoms with Gasteiger partial charge in [-0.3, -0.25) is 0 Å². The molecule has 0 atom stereocenters. The highest BCUT2D eigenvalue weighted by Gasteiger charge is 2.29. The number of allylic oxidation sites excluding steroid dienone is 1. The average Bonchev–Trinajstić information content (AvgIpc) is 2.56. The number of nitrogens with zero attached hydrogens (tertiary/aromatic N) is 2. The molecule has 7 heteroatoms. The molecule has 0 aliphatic carbocycles. The molecule has 0 bridgehead atoms. The van der Waals surface area contributed by atoms with Crippen molar-refractivity contribution in [3.05, 3.63) is 32.9 Å². The van der Waals surface area contributed by atoms with E-state index in [2.05, 4.69) is 32.9 Å². The number of nitrogens with one attached hydrogen (secondary N) is 1. The van der Waals surface area contributed by atoms with Crippen molar-refractivity contribution in [2.75, 3.05) is 25.0 Å². The van der Waals surface area contributed by atoms with Gasteiger partial charge in [-0.05, 0) is 70.1 Å². The van der Waals surface area contributed by atoms with Gasteiger partial charge in [0.2, 0.25) is 0 Å². The zero-order valence-electron chi connectivity index (χ0n) is 16.7. The van der Waals surface area contributed by atoms with Crippen molar-refractivity contribution in [3.8, 4) is 0 Å². The van der Waals surface area contributed by atoms with Gasteiger partial charge < -0.3 is 15.0 Å². The van der Waals surface area contributed by atoms with Crippen molar-refractivity contribution in [2.45, 2.75) is 59.0 Å². The van der Waals surface area contributed by atoms with E-state index in [0.717, 1.165) is 3.70 Å². The van der Waals surface area contributed by atoms with E-state index in [4.69, 9.17) is 4.74 Å².